The summed E-state index contributed by atoms with van der Waals surface area (Å²) in [7, 11) is 0. The second-order valence-corrected chi connectivity index (χ2v) is 3.60. The van der Waals surface area contributed by atoms with E-state index in [1.807, 2.05) is 13.8 Å². The average molecular weight is 146 g/mol. The molecular formula is C8H18O2. The summed E-state index contributed by atoms with van der Waals surface area (Å²) in [6, 6.07) is 0. The summed E-state index contributed by atoms with van der Waals surface area (Å²) in [4.78, 5) is 0. The molecule has 62 valence electrons. The van der Waals surface area contributed by atoms with E-state index in [0.29, 0.717) is 0 Å². The molecular weight excluding hydrogens is 128 g/mol. The minimum absolute atomic E-state index is 0.137. The van der Waals surface area contributed by atoms with Gasteiger partial charge >= 0.3 is 0 Å². The number of rotatable bonds is 3. The summed E-state index contributed by atoms with van der Waals surface area (Å²) in [5, 5.41) is 18.2. The summed E-state index contributed by atoms with van der Waals surface area (Å²) in [6.45, 7) is 7.56. The Hall–Kier alpha value is -0.0800. The van der Waals surface area contributed by atoms with E-state index in [0.717, 1.165) is 0 Å². The number of aliphatic hydroxyl groups is 2. The Labute approximate surface area is 62.9 Å². The predicted molar refractivity (Wildman–Crippen MR) is 41.7 cm³/mol. The van der Waals surface area contributed by atoms with E-state index in [9.17, 15) is 5.11 Å². The average Bonchev–Trinajstić information content (AvgIpc) is 1.83. The molecule has 0 aromatic rings. The summed E-state index contributed by atoms with van der Waals surface area (Å²) in [6.07, 6.45) is 0. The maximum atomic E-state index is 9.48. The first-order chi connectivity index (χ1) is 4.39. The van der Waals surface area contributed by atoms with Crippen molar-refractivity contribution in [1.82, 2.24) is 0 Å². The second kappa shape index (κ2) is 3.35. The maximum absolute atomic E-state index is 9.48. The first-order valence-electron chi connectivity index (χ1n) is 3.72. The maximum Gasteiger partial charge on any atom is 0.0620 e. The van der Waals surface area contributed by atoms with E-state index >= 15 is 0 Å². The van der Waals surface area contributed by atoms with Crippen molar-refractivity contribution in [3.63, 3.8) is 0 Å². The third kappa shape index (κ3) is 2.67. The Morgan fingerprint density at radius 3 is 1.80 bits per heavy atom. The van der Waals surface area contributed by atoms with Crippen LogP contribution in [0.15, 0.2) is 0 Å². The van der Waals surface area contributed by atoms with E-state index in [1.54, 1.807) is 13.8 Å². The predicted octanol–water partition coefficient (Wildman–Crippen LogP) is 1.02. The van der Waals surface area contributed by atoms with Gasteiger partial charge in [-0.3, -0.25) is 0 Å². The number of aliphatic hydroxyl groups excluding tert-OH is 1. The molecule has 0 bridgehead atoms. The molecule has 0 aliphatic rings. The molecule has 0 fully saturated rings. The van der Waals surface area contributed by atoms with Crippen LogP contribution in [0.5, 0.6) is 0 Å². The zero-order chi connectivity index (χ0) is 8.36. The topological polar surface area (TPSA) is 40.5 Å². The van der Waals surface area contributed by atoms with Gasteiger partial charge in [0, 0.05) is 6.61 Å². The van der Waals surface area contributed by atoms with Crippen LogP contribution in [0.2, 0.25) is 0 Å². The van der Waals surface area contributed by atoms with Gasteiger partial charge in [-0.05, 0) is 25.7 Å². The van der Waals surface area contributed by atoms with Crippen molar-refractivity contribution >= 4 is 0 Å². The molecule has 2 atom stereocenters. The van der Waals surface area contributed by atoms with Crippen LogP contribution in [0.25, 0.3) is 0 Å². The van der Waals surface area contributed by atoms with Gasteiger partial charge in [-0.1, -0.05) is 13.8 Å². The summed E-state index contributed by atoms with van der Waals surface area (Å²) < 4.78 is 0. The van der Waals surface area contributed by atoms with Crippen molar-refractivity contribution in [2.75, 3.05) is 6.61 Å². The first-order valence-corrected chi connectivity index (χ1v) is 3.72. The Morgan fingerprint density at radius 2 is 1.70 bits per heavy atom. The van der Waals surface area contributed by atoms with Crippen LogP contribution in [-0.4, -0.2) is 22.4 Å². The lowest BCUT2D eigenvalue weighted by Crippen LogP contribution is -2.34. The van der Waals surface area contributed by atoms with Crippen LogP contribution in [-0.2, 0) is 0 Å². The summed E-state index contributed by atoms with van der Waals surface area (Å²) >= 11 is 0. The highest BCUT2D eigenvalue weighted by molar-refractivity contribution is 4.77. The zero-order valence-corrected chi connectivity index (χ0v) is 7.26. The molecule has 0 aliphatic carbocycles. The van der Waals surface area contributed by atoms with Gasteiger partial charge in [-0.15, -0.1) is 0 Å². The normalized spacial score (nSPS) is 18.6. The van der Waals surface area contributed by atoms with Crippen molar-refractivity contribution in [2.45, 2.75) is 33.3 Å². The summed E-state index contributed by atoms with van der Waals surface area (Å²) in [5.74, 6) is 0.303. The molecule has 0 spiro atoms. The first kappa shape index (κ1) is 9.92. The molecule has 2 heteroatoms. The molecule has 0 radical (unpaired) electrons. The third-order valence-electron chi connectivity index (χ3n) is 2.26. The molecule has 2 nitrogen and oxygen atoms in total. The SMILES string of the molecule is CC(CO)C(C)C(C)(C)O. The number of hydrogen-bond acceptors (Lipinski definition) is 2. The molecule has 0 aromatic carbocycles. The lowest BCUT2D eigenvalue weighted by atomic mass is 9.83. The van der Waals surface area contributed by atoms with E-state index in [4.69, 9.17) is 5.11 Å². The summed E-state index contributed by atoms with van der Waals surface area (Å²) in [5.41, 5.74) is -0.678. The molecule has 0 saturated carbocycles. The van der Waals surface area contributed by atoms with Crippen LogP contribution in [0.4, 0.5) is 0 Å². The van der Waals surface area contributed by atoms with E-state index < -0.39 is 5.60 Å². The third-order valence-corrected chi connectivity index (χ3v) is 2.26. The highest BCUT2D eigenvalue weighted by Gasteiger charge is 2.26. The molecule has 2 unspecified atom stereocenters. The number of hydrogen-bond donors (Lipinski definition) is 2. The molecule has 0 amide bonds. The van der Waals surface area contributed by atoms with Crippen molar-refractivity contribution < 1.29 is 10.2 Å². The fourth-order valence-electron chi connectivity index (χ4n) is 0.854. The molecule has 0 heterocycles. The molecule has 0 rings (SSSR count). The molecule has 0 aromatic heterocycles. The van der Waals surface area contributed by atoms with E-state index in [1.165, 1.54) is 0 Å². The van der Waals surface area contributed by atoms with Gasteiger partial charge in [0.15, 0.2) is 0 Å². The van der Waals surface area contributed by atoms with Crippen LogP contribution in [0.3, 0.4) is 0 Å². The highest BCUT2D eigenvalue weighted by Crippen LogP contribution is 2.23. The van der Waals surface area contributed by atoms with Crippen LogP contribution in [0.1, 0.15) is 27.7 Å². The monoisotopic (exact) mass is 146 g/mol. The Kier molecular flexibility index (Phi) is 3.33. The van der Waals surface area contributed by atoms with Gasteiger partial charge in [-0.25, -0.2) is 0 Å². The molecule has 0 aliphatic heterocycles. The van der Waals surface area contributed by atoms with Crippen LogP contribution < -0.4 is 0 Å². The van der Waals surface area contributed by atoms with Crippen LogP contribution in [0, 0.1) is 11.8 Å². The smallest absolute Gasteiger partial charge is 0.0620 e. The van der Waals surface area contributed by atoms with Gasteiger partial charge in [0.05, 0.1) is 5.60 Å². The fraction of sp³-hybridized carbons (Fsp3) is 1.00. The molecule has 0 saturated heterocycles. The standard InChI is InChI=1S/C8H18O2/c1-6(5-9)7(2)8(3,4)10/h6-7,9-10H,5H2,1-4H3. The minimum atomic E-state index is -0.678. The van der Waals surface area contributed by atoms with Gasteiger partial charge in [-0.2, -0.15) is 0 Å². The molecule has 2 N–H and O–H groups in total. The molecule has 10 heavy (non-hydrogen) atoms. The van der Waals surface area contributed by atoms with Crippen LogP contribution >= 0.6 is 0 Å². The van der Waals surface area contributed by atoms with Crippen molar-refractivity contribution in [3.05, 3.63) is 0 Å². The van der Waals surface area contributed by atoms with Gasteiger partial charge in [0.1, 0.15) is 0 Å². The lowest BCUT2D eigenvalue weighted by molar-refractivity contribution is -0.00984. The van der Waals surface area contributed by atoms with E-state index in [-0.39, 0.29) is 18.4 Å². The van der Waals surface area contributed by atoms with Gasteiger partial charge < -0.3 is 10.2 Å². The van der Waals surface area contributed by atoms with Crippen molar-refractivity contribution in [3.8, 4) is 0 Å². The van der Waals surface area contributed by atoms with Gasteiger partial charge in [0.2, 0.25) is 0 Å². The quantitative estimate of drug-likeness (QED) is 0.624. The van der Waals surface area contributed by atoms with Gasteiger partial charge in [0.25, 0.3) is 0 Å². The Bertz CT molecular complexity index is 93.9. The van der Waals surface area contributed by atoms with Crippen molar-refractivity contribution in [2.24, 2.45) is 11.8 Å². The van der Waals surface area contributed by atoms with E-state index in [2.05, 4.69) is 0 Å². The largest absolute Gasteiger partial charge is 0.396 e. The fourth-order valence-corrected chi connectivity index (χ4v) is 0.854. The Balaban J connectivity index is 3.94. The highest BCUT2D eigenvalue weighted by atomic mass is 16.3. The Morgan fingerprint density at radius 1 is 1.30 bits per heavy atom. The zero-order valence-electron chi connectivity index (χ0n) is 7.26. The minimum Gasteiger partial charge on any atom is -0.396 e. The lowest BCUT2D eigenvalue weighted by Gasteiger charge is -2.29. The van der Waals surface area contributed by atoms with Crippen molar-refractivity contribution in [1.29, 1.82) is 0 Å². The second-order valence-electron chi connectivity index (χ2n) is 3.60.